The summed E-state index contributed by atoms with van der Waals surface area (Å²) in [6.45, 7) is 1.89. The highest BCUT2D eigenvalue weighted by Gasteiger charge is 2.30. The molecule has 1 aromatic heterocycles. The van der Waals surface area contributed by atoms with Crippen molar-refractivity contribution < 1.29 is 19.4 Å². The molecule has 148 valence electrons. The standard InChI is InChI=1S/C21H19N3O4S/c1-12-19(29-24-23-12)10-18(20(25)26)22-21(27)28-11-17-15-8-4-2-6-13(15)14-7-3-5-9-16(14)17/h2-9,17-18H,10-11H2,1H3,(H,22,27)(H,25,26). The molecule has 7 nitrogen and oxygen atoms in total. The zero-order valence-corrected chi connectivity index (χ0v) is 16.5. The van der Waals surface area contributed by atoms with Gasteiger partial charge in [-0.15, -0.1) is 5.10 Å². The molecule has 1 heterocycles. The molecule has 0 saturated heterocycles. The molecule has 0 saturated carbocycles. The fourth-order valence-electron chi connectivity index (χ4n) is 3.61. The lowest BCUT2D eigenvalue weighted by Crippen LogP contribution is -2.42. The Morgan fingerprint density at radius 1 is 1.14 bits per heavy atom. The Morgan fingerprint density at radius 2 is 1.76 bits per heavy atom. The number of fused-ring (bicyclic) bond motifs is 3. The first-order chi connectivity index (χ1) is 14.0. The molecule has 29 heavy (non-hydrogen) atoms. The van der Waals surface area contributed by atoms with Gasteiger partial charge in [-0.2, -0.15) is 0 Å². The number of carboxylic acid groups (broad SMARTS) is 1. The molecule has 0 spiro atoms. The summed E-state index contributed by atoms with van der Waals surface area (Å²) in [5, 5.41) is 15.8. The summed E-state index contributed by atoms with van der Waals surface area (Å²) in [5.41, 5.74) is 5.13. The number of nitrogens with zero attached hydrogens (tertiary/aromatic N) is 2. The molecule has 0 radical (unpaired) electrons. The Kier molecular flexibility index (Phi) is 5.26. The molecular formula is C21H19N3O4S. The third-order valence-electron chi connectivity index (χ3n) is 5.07. The first-order valence-electron chi connectivity index (χ1n) is 9.16. The summed E-state index contributed by atoms with van der Waals surface area (Å²) < 4.78 is 9.23. The molecular weight excluding hydrogens is 390 g/mol. The minimum atomic E-state index is -1.13. The van der Waals surface area contributed by atoms with E-state index in [2.05, 4.69) is 27.0 Å². The maximum absolute atomic E-state index is 12.3. The summed E-state index contributed by atoms with van der Waals surface area (Å²) >= 11 is 1.12. The van der Waals surface area contributed by atoms with Crippen molar-refractivity contribution in [3.63, 3.8) is 0 Å². The molecule has 0 bridgehead atoms. The van der Waals surface area contributed by atoms with Gasteiger partial charge < -0.3 is 15.2 Å². The van der Waals surface area contributed by atoms with Gasteiger partial charge in [-0.25, -0.2) is 9.59 Å². The topological polar surface area (TPSA) is 101 Å². The fourth-order valence-corrected chi connectivity index (χ4v) is 4.28. The molecule has 1 aliphatic rings. The number of aryl methyl sites for hydroxylation is 1. The maximum Gasteiger partial charge on any atom is 0.407 e. The predicted octanol–water partition coefficient (Wildman–Crippen LogP) is 3.38. The van der Waals surface area contributed by atoms with Crippen LogP contribution in [0.3, 0.4) is 0 Å². The highest BCUT2D eigenvalue weighted by Crippen LogP contribution is 2.44. The van der Waals surface area contributed by atoms with E-state index in [9.17, 15) is 14.7 Å². The number of rotatable bonds is 6. The Balaban J connectivity index is 1.44. The van der Waals surface area contributed by atoms with E-state index >= 15 is 0 Å². The quantitative estimate of drug-likeness (QED) is 0.647. The maximum atomic E-state index is 12.3. The number of amides is 1. The normalized spacial score (nSPS) is 13.4. The average Bonchev–Trinajstić information content (AvgIpc) is 3.27. The van der Waals surface area contributed by atoms with Crippen LogP contribution in [0.2, 0.25) is 0 Å². The average molecular weight is 409 g/mol. The van der Waals surface area contributed by atoms with E-state index in [-0.39, 0.29) is 18.9 Å². The largest absolute Gasteiger partial charge is 0.480 e. The molecule has 2 N–H and O–H groups in total. The van der Waals surface area contributed by atoms with Crippen molar-refractivity contribution in [3.8, 4) is 11.1 Å². The van der Waals surface area contributed by atoms with E-state index in [0.717, 1.165) is 38.7 Å². The molecule has 3 aromatic rings. The van der Waals surface area contributed by atoms with Crippen LogP contribution in [0.1, 0.15) is 27.6 Å². The summed E-state index contributed by atoms with van der Waals surface area (Å²) in [7, 11) is 0. The van der Waals surface area contributed by atoms with Gasteiger partial charge in [0.05, 0.1) is 10.6 Å². The molecule has 1 unspecified atom stereocenters. The van der Waals surface area contributed by atoms with Crippen LogP contribution in [-0.2, 0) is 16.0 Å². The number of carboxylic acids is 1. The molecule has 1 aliphatic carbocycles. The number of carbonyl (C=O) groups excluding carboxylic acids is 1. The van der Waals surface area contributed by atoms with Crippen molar-refractivity contribution >= 4 is 23.6 Å². The zero-order chi connectivity index (χ0) is 20.4. The van der Waals surface area contributed by atoms with Crippen molar-refractivity contribution in [1.82, 2.24) is 14.9 Å². The van der Waals surface area contributed by atoms with Crippen LogP contribution in [0.5, 0.6) is 0 Å². The molecule has 4 rings (SSSR count). The number of alkyl carbamates (subject to hydrolysis) is 1. The van der Waals surface area contributed by atoms with Crippen molar-refractivity contribution in [2.45, 2.75) is 25.3 Å². The SMILES string of the molecule is Cc1nnsc1CC(NC(=O)OCC1c2ccccc2-c2ccccc21)C(=O)O. The van der Waals surface area contributed by atoms with Crippen LogP contribution >= 0.6 is 11.5 Å². The monoisotopic (exact) mass is 409 g/mol. The summed E-state index contributed by atoms with van der Waals surface area (Å²) in [4.78, 5) is 24.6. The van der Waals surface area contributed by atoms with Crippen LogP contribution in [0.25, 0.3) is 11.1 Å². The zero-order valence-electron chi connectivity index (χ0n) is 15.7. The first kappa shape index (κ1) is 19.1. The van der Waals surface area contributed by atoms with Gasteiger partial charge in [0.25, 0.3) is 0 Å². The number of carbonyl (C=O) groups is 2. The van der Waals surface area contributed by atoms with Gasteiger partial charge in [-0.05, 0) is 40.7 Å². The number of benzene rings is 2. The van der Waals surface area contributed by atoms with E-state index < -0.39 is 18.1 Å². The number of ether oxygens (including phenoxy) is 1. The smallest absolute Gasteiger partial charge is 0.407 e. The van der Waals surface area contributed by atoms with Gasteiger partial charge in [-0.3, -0.25) is 0 Å². The molecule has 8 heteroatoms. The number of nitrogens with one attached hydrogen (secondary N) is 1. The molecule has 0 aliphatic heterocycles. The summed E-state index contributed by atoms with van der Waals surface area (Å²) in [6.07, 6.45) is -0.641. The van der Waals surface area contributed by atoms with Gasteiger partial charge >= 0.3 is 12.1 Å². The van der Waals surface area contributed by atoms with Crippen molar-refractivity contribution in [2.24, 2.45) is 0 Å². The molecule has 2 aromatic carbocycles. The number of aromatic nitrogens is 2. The van der Waals surface area contributed by atoms with Crippen LogP contribution in [0.15, 0.2) is 48.5 Å². The van der Waals surface area contributed by atoms with Gasteiger partial charge in [0.1, 0.15) is 12.6 Å². The van der Waals surface area contributed by atoms with Crippen LogP contribution in [0.4, 0.5) is 4.79 Å². The second kappa shape index (κ2) is 8.00. The minimum Gasteiger partial charge on any atom is -0.480 e. The fraction of sp³-hybridized carbons (Fsp3) is 0.238. The van der Waals surface area contributed by atoms with E-state index in [1.165, 1.54) is 0 Å². The molecule has 1 amide bonds. The minimum absolute atomic E-state index is 0.0793. The predicted molar refractivity (Wildman–Crippen MR) is 108 cm³/mol. The van der Waals surface area contributed by atoms with Gasteiger partial charge in [-0.1, -0.05) is 53.0 Å². The van der Waals surface area contributed by atoms with Gasteiger partial charge in [0.15, 0.2) is 0 Å². The lowest BCUT2D eigenvalue weighted by molar-refractivity contribution is -0.139. The molecule has 1 atom stereocenters. The van der Waals surface area contributed by atoms with E-state index in [0.29, 0.717) is 5.69 Å². The Hall–Kier alpha value is -3.26. The number of hydrogen-bond donors (Lipinski definition) is 2. The van der Waals surface area contributed by atoms with Gasteiger partial charge in [0.2, 0.25) is 0 Å². The second-order valence-electron chi connectivity index (χ2n) is 6.85. The van der Waals surface area contributed by atoms with E-state index in [1.54, 1.807) is 6.92 Å². The van der Waals surface area contributed by atoms with E-state index in [4.69, 9.17) is 4.74 Å². The van der Waals surface area contributed by atoms with E-state index in [1.807, 2.05) is 36.4 Å². The van der Waals surface area contributed by atoms with Crippen molar-refractivity contribution in [3.05, 3.63) is 70.2 Å². The summed E-state index contributed by atoms with van der Waals surface area (Å²) in [5.74, 6) is -1.21. The third kappa shape index (κ3) is 3.84. The van der Waals surface area contributed by atoms with Crippen LogP contribution < -0.4 is 5.32 Å². The van der Waals surface area contributed by atoms with Crippen molar-refractivity contribution in [2.75, 3.05) is 6.61 Å². The van der Waals surface area contributed by atoms with Crippen LogP contribution in [0, 0.1) is 6.92 Å². The lowest BCUT2D eigenvalue weighted by atomic mass is 9.98. The summed E-state index contributed by atoms with van der Waals surface area (Å²) in [6, 6.07) is 15.0. The Morgan fingerprint density at radius 3 is 2.31 bits per heavy atom. The highest BCUT2D eigenvalue weighted by atomic mass is 32.1. The first-order valence-corrected chi connectivity index (χ1v) is 9.94. The Labute approximate surface area is 171 Å². The Bertz CT molecular complexity index is 1020. The lowest BCUT2D eigenvalue weighted by Gasteiger charge is -2.17. The highest BCUT2D eigenvalue weighted by molar-refractivity contribution is 7.05. The number of hydrogen-bond acceptors (Lipinski definition) is 6. The van der Waals surface area contributed by atoms with Gasteiger partial charge in [0, 0.05) is 12.3 Å². The van der Waals surface area contributed by atoms with Crippen LogP contribution in [-0.4, -0.2) is 39.4 Å². The number of aliphatic carboxylic acids is 1. The van der Waals surface area contributed by atoms with Crippen molar-refractivity contribution in [1.29, 1.82) is 0 Å². The third-order valence-corrected chi connectivity index (χ3v) is 5.91. The second-order valence-corrected chi connectivity index (χ2v) is 7.69. The molecule has 0 fully saturated rings.